The minimum Gasteiger partial charge on any atom is -0.356 e. The molecule has 2 aromatic heterocycles. The maximum Gasteiger partial charge on any atom is 0.192 e. The first-order valence-electron chi connectivity index (χ1n) is 7.62. The largest absolute Gasteiger partial charge is 0.356 e. The third-order valence-electron chi connectivity index (χ3n) is 3.83. The molecule has 1 fully saturated rings. The van der Waals surface area contributed by atoms with E-state index in [-0.39, 0.29) is 24.0 Å². The molecular weight excluding hydrogens is 423 g/mol. The van der Waals surface area contributed by atoms with Gasteiger partial charge < -0.3 is 15.2 Å². The summed E-state index contributed by atoms with van der Waals surface area (Å²) in [6.07, 6.45) is 2.65. The van der Waals surface area contributed by atoms with Gasteiger partial charge in [0.1, 0.15) is 12.4 Å². The van der Waals surface area contributed by atoms with Crippen LogP contribution >= 0.6 is 35.3 Å². The Morgan fingerprint density at radius 1 is 1.39 bits per heavy atom. The summed E-state index contributed by atoms with van der Waals surface area (Å²) in [5, 5.41) is 17.1. The minimum absolute atomic E-state index is 0. The molecule has 0 amide bonds. The van der Waals surface area contributed by atoms with E-state index in [1.807, 2.05) is 18.5 Å². The monoisotopic (exact) mass is 446 g/mol. The number of aryl methyl sites for hydroxylation is 1. The fourth-order valence-electron chi connectivity index (χ4n) is 2.06. The number of halogens is 1. The number of thiophene rings is 1. The number of nitrogens with one attached hydrogen (secondary N) is 2. The van der Waals surface area contributed by atoms with E-state index in [0.717, 1.165) is 36.6 Å². The molecule has 126 valence electrons. The first-order valence-corrected chi connectivity index (χ1v) is 8.50. The maximum absolute atomic E-state index is 4.64. The zero-order valence-electron chi connectivity index (χ0n) is 13.5. The molecule has 0 aliphatic heterocycles. The molecular formula is C15H23IN6S. The van der Waals surface area contributed by atoms with E-state index in [2.05, 4.69) is 43.3 Å². The van der Waals surface area contributed by atoms with Crippen molar-refractivity contribution in [2.24, 2.45) is 18.0 Å². The maximum atomic E-state index is 4.64. The standard InChI is InChI=1S/C15H22N6S.HI/c1-11-19-20-14(21(11)2)10-18-15(16-8-12-5-6-12)17-9-13-4-3-7-22-13;/h3-4,7,12H,5-6,8-10H2,1-2H3,(H2,16,17,18);1H. The molecule has 0 atom stereocenters. The van der Waals surface area contributed by atoms with Crippen LogP contribution in [0.15, 0.2) is 22.5 Å². The van der Waals surface area contributed by atoms with Crippen LogP contribution in [0.5, 0.6) is 0 Å². The van der Waals surface area contributed by atoms with Gasteiger partial charge in [-0.05, 0) is 37.1 Å². The van der Waals surface area contributed by atoms with E-state index >= 15 is 0 Å². The van der Waals surface area contributed by atoms with E-state index in [1.54, 1.807) is 11.3 Å². The average Bonchev–Trinajstić information content (AvgIpc) is 3.10. The SMILES string of the molecule is Cc1nnc(CN=C(NCc2cccs2)NCC2CC2)n1C.I. The lowest BCUT2D eigenvalue weighted by Gasteiger charge is -2.11. The Morgan fingerprint density at radius 3 is 2.83 bits per heavy atom. The van der Waals surface area contributed by atoms with E-state index in [1.165, 1.54) is 17.7 Å². The van der Waals surface area contributed by atoms with Gasteiger partial charge in [-0.2, -0.15) is 0 Å². The molecule has 23 heavy (non-hydrogen) atoms. The molecule has 0 saturated heterocycles. The number of aromatic nitrogens is 3. The molecule has 2 heterocycles. The first kappa shape index (κ1) is 18.2. The lowest BCUT2D eigenvalue weighted by Crippen LogP contribution is -2.38. The highest BCUT2D eigenvalue weighted by molar-refractivity contribution is 14.0. The van der Waals surface area contributed by atoms with Gasteiger partial charge >= 0.3 is 0 Å². The van der Waals surface area contributed by atoms with Crippen LogP contribution in [0, 0.1) is 12.8 Å². The normalized spacial score (nSPS) is 14.4. The molecule has 8 heteroatoms. The molecule has 1 aliphatic rings. The zero-order valence-corrected chi connectivity index (χ0v) is 16.6. The molecule has 3 rings (SSSR count). The Hall–Kier alpha value is -1.16. The second kappa shape index (κ2) is 8.62. The Labute approximate surface area is 157 Å². The van der Waals surface area contributed by atoms with Crippen LogP contribution in [0.25, 0.3) is 0 Å². The summed E-state index contributed by atoms with van der Waals surface area (Å²) in [6, 6.07) is 4.20. The molecule has 1 saturated carbocycles. The fraction of sp³-hybridized carbons (Fsp3) is 0.533. The van der Waals surface area contributed by atoms with Crippen molar-refractivity contribution in [1.82, 2.24) is 25.4 Å². The molecule has 0 bridgehead atoms. The van der Waals surface area contributed by atoms with Gasteiger partial charge in [0.15, 0.2) is 11.8 Å². The third-order valence-corrected chi connectivity index (χ3v) is 4.70. The average molecular weight is 446 g/mol. The molecule has 0 radical (unpaired) electrons. The Kier molecular flexibility index (Phi) is 6.82. The topological polar surface area (TPSA) is 67.1 Å². The van der Waals surface area contributed by atoms with E-state index in [9.17, 15) is 0 Å². The number of guanidine groups is 1. The molecule has 0 spiro atoms. The number of hydrogen-bond donors (Lipinski definition) is 2. The van der Waals surface area contributed by atoms with Crippen molar-refractivity contribution in [2.45, 2.75) is 32.9 Å². The Morgan fingerprint density at radius 2 is 2.22 bits per heavy atom. The van der Waals surface area contributed by atoms with Gasteiger partial charge in [0.05, 0.1) is 6.54 Å². The summed E-state index contributed by atoms with van der Waals surface area (Å²) in [4.78, 5) is 5.94. The molecule has 2 N–H and O–H groups in total. The summed E-state index contributed by atoms with van der Waals surface area (Å²) < 4.78 is 1.97. The summed E-state index contributed by atoms with van der Waals surface area (Å²) >= 11 is 1.75. The predicted octanol–water partition coefficient (Wildman–Crippen LogP) is 2.45. The second-order valence-electron chi connectivity index (χ2n) is 5.64. The number of rotatable bonds is 6. The summed E-state index contributed by atoms with van der Waals surface area (Å²) in [5.74, 6) is 3.44. The highest BCUT2D eigenvalue weighted by Crippen LogP contribution is 2.27. The number of nitrogens with zero attached hydrogens (tertiary/aromatic N) is 4. The Balaban J connectivity index is 0.00000192. The summed E-state index contributed by atoms with van der Waals surface area (Å²) in [6.45, 7) is 4.27. The van der Waals surface area contributed by atoms with Crippen LogP contribution in [-0.2, 0) is 20.1 Å². The van der Waals surface area contributed by atoms with Gasteiger partial charge in [-0.3, -0.25) is 0 Å². The smallest absolute Gasteiger partial charge is 0.192 e. The van der Waals surface area contributed by atoms with Gasteiger partial charge in [0.2, 0.25) is 0 Å². The van der Waals surface area contributed by atoms with Gasteiger partial charge in [-0.1, -0.05) is 6.07 Å². The summed E-state index contributed by atoms with van der Waals surface area (Å²) in [7, 11) is 1.97. The molecule has 1 aliphatic carbocycles. The van der Waals surface area contributed by atoms with Crippen molar-refractivity contribution < 1.29 is 0 Å². The molecule has 6 nitrogen and oxygen atoms in total. The van der Waals surface area contributed by atoms with Crippen molar-refractivity contribution in [2.75, 3.05) is 6.54 Å². The molecule has 0 aromatic carbocycles. The van der Waals surface area contributed by atoms with Crippen LogP contribution in [-0.4, -0.2) is 27.3 Å². The lowest BCUT2D eigenvalue weighted by atomic mass is 10.4. The minimum atomic E-state index is 0. The highest BCUT2D eigenvalue weighted by Gasteiger charge is 2.21. The molecule has 2 aromatic rings. The quantitative estimate of drug-likeness (QED) is 0.407. The van der Waals surface area contributed by atoms with Crippen LogP contribution in [0.3, 0.4) is 0 Å². The predicted molar refractivity (Wildman–Crippen MR) is 104 cm³/mol. The van der Waals surface area contributed by atoms with Crippen molar-refractivity contribution in [3.8, 4) is 0 Å². The number of aliphatic imine (C=N–C) groups is 1. The van der Waals surface area contributed by atoms with Crippen molar-refractivity contribution in [3.63, 3.8) is 0 Å². The van der Waals surface area contributed by atoms with Crippen LogP contribution < -0.4 is 10.6 Å². The zero-order chi connectivity index (χ0) is 15.4. The van der Waals surface area contributed by atoms with Gasteiger partial charge in [-0.15, -0.1) is 45.5 Å². The van der Waals surface area contributed by atoms with Crippen molar-refractivity contribution >= 4 is 41.3 Å². The fourth-order valence-corrected chi connectivity index (χ4v) is 2.70. The second-order valence-corrected chi connectivity index (χ2v) is 6.68. The van der Waals surface area contributed by atoms with Crippen LogP contribution in [0.4, 0.5) is 0 Å². The third kappa shape index (κ3) is 5.45. The van der Waals surface area contributed by atoms with E-state index in [0.29, 0.717) is 6.54 Å². The van der Waals surface area contributed by atoms with Gasteiger partial charge in [-0.25, -0.2) is 4.99 Å². The van der Waals surface area contributed by atoms with Crippen molar-refractivity contribution in [1.29, 1.82) is 0 Å². The number of hydrogen-bond acceptors (Lipinski definition) is 4. The molecule has 0 unspecified atom stereocenters. The van der Waals surface area contributed by atoms with E-state index < -0.39 is 0 Å². The van der Waals surface area contributed by atoms with Crippen molar-refractivity contribution in [3.05, 3.63) is 34.0 Å². The van der Waals surface area contributed by atoms with Gasteiger partial charge in [0.25, 0.3) is 0 Å². The van der Waals surface area contributed by atoms with Gasteiger partial charge in [0, 0.05) is 18.5 Å². The lowest BCUT2D eigenvalue weighted by molar-refractivity contribution is 0.722. The summed E-state index contributed by atoms with van der Waals surface area (Å²) in [5.41, 5.74) is 0. The van der Waals surface area contributed by atoms with E-state index in [4.69, 9.17) is 0 Å². The van der Waals surface area contributed by atoms with Crippen LogP contribution in [0.1, 0.15) is 29.4 Å². The first-order chi connectivity index (χ1) is 10.7. The van der Waals surface area contributed by atoms with Crippen LogP contribution in [0.2, 0.25) is 0 Å². The Bertz CT molecular complexity index is 632. The highest BCUT2D eigenvalue weighted by atomic mass is 127.